The van der Waals surface area contributed by atoms with Gasteiger partial charge >= 0.3 is 0 Å². The summed E-state index contributed by atoms with van der Waals surface area (Å²) >= 11 is 0. The van der Waals surface area contributed by atoms with Gasteiger partial charge in [0.05, 0.1) is 7.11 Å². The lowest BCUT2D eigenvalue weighted by Gasteiger charge is -2.06. The van der Waals surface area contributed by atoms with E-state index in [2.05, 4.69) is 10.4 Å². The molecule has 0 bridgehead atoms. The Balaban J connectivity index is 2.13. The quantitative estimate of drug-likeness (QED) is 0.854. The molecule has 3 N–H and O–H groups in total. The normalized spacial score (nSPS) is 10.1. The molecule has 2 aromatic rings. The van der Waals surface area contributed by atoms with E-state index in [-0.39, 0.29) is 5.91 Å². The summed E-state index contributed by atoms with van der Waals surface area (Å²) in [5.74, 6) is 0.794. The molecule has 0 fully saturated rings. The summed E-state index contributed by atoms with van der Waals surface area (Å²) in [5, 5.41) is 6.67. The highest BCUT2D eigenvalue weighted by Gasteiger charge is 2.12. The topological polar surface area (TPSA) is 82.2 Å². The van der Waals surface area contributed by atoms with Gasteiger partial charge in [-0.3, -0.25) is 9.48 Å². The number of carbonyl (C=O) groups excluding carboxylic acids is 1. The van der Waals surface area contributed by atoms with Gasteiger partial charge in [-0.1, -0.05) is 0 Å². The second-order valence-electron chi connectivity index (χ2n) is 3.76. The largest absolute Gasteiger partial charge is 0.497 e. The number of hydrogen-bond acceptors (Lipinski definition) is 4. The molecule has 94 valence electrons. The summed E-state index contributed by atoms with van der Waals surface area (Å²) < 4.78 is 6.48. The number of amides is 1. The molecule has 0 spiro atoms. The summed E-state index contributed by atoms with van der Waals surface area (Å²) in [5.41, 5.74) is 6.61. The summed E-state index contributed by atoms with van der Waals surface area (Å²) in [6.45, 7) is 0. The van der Waals surface area contributed by atoms with Crippen molar-refractivity contribution in [2.45, 2.75) is 0 Å². The first kappa shape index (κ1) is 12.0. The zero-order chi connectivity index (χ0) is 13.1. The second-order valence-corrected chi connectivity index (χ2v) is 3.76. The minimum atomic E-state index is -0.258. The Morgan fingerprint density at radius 3 is 2.56 bits per heavy atom. The molecular formula is C12H14N4O2. The molecule has 6 heteroatoms. The SMILES string of the molecule is COc1ccc(NC(=O)c2cc(N)nn2C)cc1. The average molecular weight is 246 g/mol. The maximum absolute atomic E-state index is 11.9. The van der Waals surface area contributed by atoms with E-state index in [0.717, 1.165) is 5.75 Å². The third kappa shape index (κ3) is 2.42. The number of anilines is 2. The van der Waals surface area contributed by atoms with E-state index in [9.17, 15) is 4.79 Å². The first-order valence-corrected chi connectivity index (χ1v) is 5.35. The molecule has 18 heavy (non-hydrogen) atoms. The van der Waals surface area contributed by atoms with Crippen molar-refractivity contribution < 1.29 is 9.53 Å². The smallest absolute Gasteiger partial charge is 0.274 e. The maximum Gasteiger partial charge on any atom is 0.274 e. The number of methoxy groups -OCH3 is 1. The number of nitrogens with zero attached hydrogens (tertiary/aromatic N) is 2. The van der Waals surface area contributed by atoms with Crippen LogP contribution in [0.2, 0.25) is 0 Å². The number of carbonyl (C=O) groups is 1. The fraction of sp³-hybridized carbons (Fsp3) is 0.167. The van der Waals surface area contributed by atoms with E-state index < -0.39 is 0 Å². The first-order chi connectivity index (χ1) is 8.60. The van der Waals surface area contributed by atoms with Crippen LogP contribution in [0.4, 0.5) is 11.5 Å². The van der Waals surface area contributed by atoms with Crippen molar-refractivity contribution in [3.05, 3.63) is 36.0 Å². The van der Waals surface area contributed by atoms with Crippen LogP contribution >= 0.6 is 0 Å². The van der Waals surface area contributed by atoms with Crippen LogP contribution in [0.15, 0.2) is 30.3 Å². The highest BCUT2D eigenvalue weighted by atomic mass is 16.5. The van der Waals surface area contributed by atoms with Crippen LogP contribution in [0, 0.1) is 0 Å². The van der Waals surface area contributed by atoms with E-state index in [1.54, 1.807) is 38.4 Å². The van der Waals surface area contributed by atoms with Crippen LogP contribution < -0.4 is 15.8 Å². The molecule has 1 heterocycles. The average Bonchev–Trinajstić information content (AvgIpc) is 2.69. The van der Waals surface area contributed by atoms with E-state index >= 15 is 0 Å². The maximum atomic E-state index is 11.9. The van der Waals surface area contributed by atoms with E-state index in [1.165, 1.54) is 10.7 Å². The van der Waals surface area contributed by atoms with Gasteiger partial charge in [0, 0.05) is 18.8 Å². The minimum absolute atomic E-state index is 0.258. The molecule has 0 atom stereocenters. The fourth-order valence-electron chi connectivity index (χ4n) is 1.57. The first-order valence-electron chi connectivity index (χ1n) is 5.35. The Bertz CT molecular complexity index is 560. The molecule has 1 aromatic heterocycles. The lowest BCUT2D eigenvalue weighted by Crippen LogP contribution is -2.15. The highest BCUT2D eigenvalue weighted by Crippen LogP contribution is 2.16. The van der Waals surface area contributed by atoms with Crippen LogP contribution in [0.25, 0.3) is 0 Å². The zero-order valence-corrected chi connectivity index (χ0v) is 10.2. The summed E-state index contributed by atoms with van der Waals surface area (Å²) in [6, 6.07) is 8.59. The van der Waals surface area contributed by atoms with Crippen molar-refractivity contribution >= 4 is 17.4 Å². The monoisotopic (exact) mass is 246 g/mol. The van der Waals surface area contributed by atoms with Gasteiger partial charge in [0.25, 0.3) is 5.91 Å². The van der Waals surface area contributed by atoms with Gasteiger partial charge in [-0.2, -0.15) is 5.10 Å². The predicted molar refractivity (Wildman–Crippen MR) is 68.6 cm³/mol. The Labute approximate surface area is 104 Å². The fourth-order valence-corrected chi connectivity index (χ4v) is 1.57. The number of nitrogens with two attached hydrogens (primary N) is 1. The number of ether oxygens (including phenoxy) is 1. The van der Waals surface area contributed by atoms with Gasteiger partial charge in [0.2, 0.25) is 0 Å². The van der Waals surface area contributed by atoms with Crippen LogP contribution in [0.3, 0.4) is 0 Å². The van der Waals surface area contributed by atoms with E-state index in [4.69, 9.17) is 10.5 Å². The molecular weight excluding hydrogens is 232 g/mol. The van der Waals surface area contributed by atoms with Gasteiger partial charge in [0.15, 0.2) is 0 Å². The van der Waals surface area contributed by atoms with Crippen LogP contribution in [0.1, 0.15) is 10.5 Å². The minimum Gasteiger partial charge on any atom is -0.497 e. The van der Waals surface area contributed by atoms with Gasteiger partial charge in [0.1, 0.15) is 17.3 Å². The van der Waals surface area contributed by atoms with E-state index in [0.29, 0.717) is 17.2 Å². The molecule has 6 nitrogen and oxygen atoms in total. The van der Waals surface area contributed by atoms with Gasteiger partial charge in [-0.05, 0) is 24.3 Å². The van der Waals surface area contributed by atoms with Crippen molar-refractivity contribution in [1.82, 2.24) is 9.78 Å². The van der Waals surface area contributed by atoms with Crippen LogP contribution in [-0.4, -0.2) is 22.8 Å². The Hall–Kier alpha value is -2.50. The number of rotatable bonds is 3. The van der Waals surface area contributed by atoms with Gasteiger partial charge < -0.3 is 15.8 Å². The summed E-state index contributed by atoms with van der Waals surface area (Å²) in [6.07, 6.45) is 0. The number of benzene rings is 1. The van der Waals surface area contributed by atoms with Crippen LogP contribution in [-0.2, 0) is 7.05 Å². The Morgan fingerprint density at radius 2 is 2.06 bits per heavy atom. The van der Waals surface area contributed by atoms with Crippen LogP contribution in [0.5, 0.6) is 5.75 Å². The lowest BCUT2D eigenvalue weighted by atomic mass is 10.3. The number of aryl methyl sites for hydroxylation is 1. The summed E-state index contributed by atoms with van der Waals surface area (Å²) in [7, 11) is 3.26. The summed E-state index contributed by atoms with van der Waals surface area (Å²) in [4.78, 5) is 11.9. The molecule has 0 aliphatic carbocycles. The molecule has 0 saturated heterocycles. The molecule has 0 saturated carbocycles. The molecule has 0 aliphatic heterocycles. The van der Waals surface area contributed by atoms with Crippen molar-refractivity contribution in [1.29, 1.82) is 0 Å². The third-order valence-corrected chi connectivity index (χ3v) is 2.48. The molecule has 2 rings (SSSR count). The Kier molecular flexibility index (Phi) is 3.18. The van der Waals surface area contributed by atoms with Crippen molar-refractivity contribution in [2.75, 3.05) is 18.2 Å². The predicted octanol–water partition coefficient (Wildman–Crippen LogP) is 1.26. The van der Waals surface area contributed by atoms with Crippen molar-refractivity contribution in [3.8, 4) is 5.75 Å². The van der Waals surface area contributed by atoms with Gasteiger partial charge in [-0.25, -0.2) is 0 Å². The number of hydrogen-bond donors (Lipinski definition) is 2. The van der Waals surface area contributed by atoms with Crippen molar-refractivity contribution in [3.63, 3.8) is 0 Å². The Morgan fingerprint density at radius 1 is 1.39 bits per heavy atom. The molecule has 0 aliphatic rings. The molecule has 1 amide bonds. The van der Waals surface area contributed by atoms with E-state index in [1.807, 2.05) is 0 Å². The number of nitrogen functional groups attached to an aromatic ring is 1. The van der Waals surface area contributed by atoms with Gasteiger partial charge in [-0.15, -0.1) is 0 Å². The molecule has 0 unspecified atom stereocenters. The lowest BCUT2D eigenvalue weighted by molar-refractivity contribution is 0.101. The highest BCUT2D eigenvalue weighted by molar-refractivity contribution is 6.03. The number of nitrogens with one attached hydrogen (secondary N) is 1. The molecule has 1 aromatic carbocycles. The second kappa shape index (κ2) is 4.79. The standard InChI is InChI=1S/C12H14N4O2/c1-16-10(7-11(13)15-16)12(17)14-8-3-5-9(18-2)6-4-8/h3-7H,1-2H3,(H2,13,15)(H,14,17). The number of aromatic nitrogens is 2. The van der Waals surface area contributed by atoms with Crippen molar-refractivity contribution in [2.24, 2.45) is 7.05 Å². The third-order valence-electron chi connectivity index (χ3n) is 2.48. The molecule has 0 radical (unpaired) electrons. The zero-order valence-electron chi connectivity index (χ0n) is 10.2.